The van der Waals surface area contributed by atoms with Crippen LogP contribution in [-0.4, -0.2) is 28.9 Å². The second-order valence-corrected chi connectivity index (χ2v) is 6.06. The van der Waals surface area contributed by atoms with Crippen LogP contribution in [0.5, 0.6) is 0 Å². The average molecular weight is 253 g/mol. The molecule has 1 saturated carbocycles. The summed E-state index contributed by atoms with van der Waals surface area (Å²) < 4.78 is 0. The molecule has 1 aliphatic rings. The first kappa shape index (κ1) is 12.5. The quantitative estimate of drug-likeness (QED) is 0.889. The summed E-state index contributed by atoms with van der Waals surface area (Å²) in [5, 5.41) is 1.04. The molecular formula is C12H19N3OS. The van der Waals surface area contributed by atoms with E-state index in [0.717, 1.165) is 29.1 Å². The van der Waals surface area contributed by atoms with Gasteiger partial charge >= 0.3 is 0 Å². The van der Waals surface area contributed by atoms with Crippen LogP contribution in [0.3, 0.4) is 0 Å². The summed E-state index contributed by atoms with van der Waals surface area (Å²) in [7, 11) is 1.85. The van der Waals surface area contributed by atoms with E-state index in [1.54, 1.807) is 16.2 Å². The zero-order valence-corrected chi connectivity index (χ0v) is 11.2. The van der Waals surface area contributed by atoms with E-state index in [-0.39, 0.29) is 17.9 Å². The van der Waals surface area contributed by atoms with Gasteiger partial charge in [-0.3, -0.25) is 4.79 Å². The maximum Gasteiger partial charge on any atom is 0.227 e. The molecule has 1 heterocycles. The summed E-state index contributed by atoms with van der Waals surface area (Å²) in [6.07, 6.45) is 4.83. The molecule has 0 saturated heterocycles. The molecule has 2 unspecified atom stereocenters. The maximum absolute atomic E-state index is 12.2. The van der Waals surface area contributed by atoms with E-state index in [1.165, 1.54) is 0 Å². The number of carbonyl (C=O) groups excluding carboxylic acids is 1. The Morgan fingerprint density at radius 1 is 1.65 bits per heavy atom. The third-order valence-corrected chi connectivity index (χ3v) is 4.22. The smallest absolute Gasteiger partial charge is 0.227 e. The lowest BCUT2D eigenvalue weighted by Crippen LogP contribution is -2.39. The highest BCUT2D eigenvalue weighted by molar-refractivity contribution is 7.11. The predicted molar refractivity (Wildman–Crippen MR) is 68.6 cm³/mol. The van der Waals surface area contributed by atoms with Crippen LogP contribution in [0.1, 0.15) is 29.1 Å². The molecule has 94 valence electrons. The highest BCUT2D eigenvalue weighted by Crippen LogP contribution is 2.26. The zero-order chi connectivity index (χ0) is 12.4. The topological polar surface area (TPSA) is 59.2 Å². The van der Waals surface area contributed by atoms with Gasteiger partial charge in [-0.25, -0.2) is 4.98 Å². The van der Waals surface area contributed by atoms with Crippen LogP contribution in [0.4, 0.5) is 0 Å². The molecule has 0 aliphatic heterocycles. The van der Waals surface area contributed by atoms with Crippen LogP contribution in [-0.2, 0) is 11.3 Å². The minimum atomic E-state index is 0.0222. The normalized spacial score (nSPS) is 23.9. The molecule has 0 spiro atoms. The van der Waals surface area contributed by atoms with Crippen molar-refractivity contribution >= 4 is 17.2 Å². The molecule has 1 aliphatic carbocycles. The van der Waals surface area contributed by atoms with E-state index in [0.29, 0.717) is 6.54 Å². The Morgan fingerprint density at radius 3 is 2.94 bits per heavy atom. The SMILES string of the molecule is Cc1ncc(CN(C)C(=O)C2CCCC2N)s1. The fraction of sp³-hybridized carbons (Fsp3) is 0.667. The highest BCUT2D eigenvalue weighted by Gasteiger charge is 2.32. The van der Waals surface area contributed by atoms with Crippen molar-refractivity contribution in [2.45, 2.75) is 38.8 Å². The summed E-state index contributed by atoms with van der Waals surface area (Å²) >= 11 is 1.64. The number of aryl methyl sites for hydroxylation is 1. The maximum atomic E-state index is 12.2. The second-order valence-electron chi connectivity index (χ2n) is 4.74. The van der Waals surface area contributed by atoms with Crippen molar-refractivity contribution in [1.82, 2.24) is 9.88 Å². The summed E-state index contributed by atoms with van der Waals surface area (Å²) in [5.74, 6) is 0.204. The van der Waals surface area contributed by atoms with Gasteiger partial charge in [-0.1, -0.05) is 6.42 Å². The van der Waals surface area contributed by atoms with Gasteiger partial charge in [0.1, 0.15) is 0 Å². The molecule has 2 atom stereocenters. The molecule has 17 heavy (non-hydrogen) atoms. The number of nitrogens with zero attached hydrogens (tertiary/aromatic N) is 2. The standard InChI is InChI=1S/C12H19N3OS/c1-8-14-6-9(17-8)7-15(2)12(16)10-4-3-5-11(10)13/h6,10-11H,3-5,7,13H2,1-2H3. The fourth-order valence-electron chi connectivity index (χ4n) is 2.37. The van der Waals surface area contributed by atoms with E-state index in [2.05, 4.69) is 4.98 Å². The average Bonchev–Trinajstić information content (AvgIpc) is 2.86. The van der Waals surface area contributed by atoms with Crippen LogP contribution in [0.15, 0.2) is 6.20 Å². The summed E-state index contributed by atoms with van der Waals surface area (Å²) in [4.78, 5) is 19.3. The largest absolute Gasteiger partial charge is 0.340 e. The molecule has 1 aromatic heterocycles. The van der Waals surface area contributed by atoms with Crippen LogP contribution < -0.4 is 5.73 Å². The van der Waals surface area contributed by atoms with Crippen molar-refractivity contribution in [2.75, 3.05) is 7.05 Å². The lowest BCUT2D eigenvalue weighted by molar-refractivity contribution is -0.134. The number of hydrogen-bond acceptors (Lipinski definition) is 4. The summed E-state index contributed by atoms with van der Waals surface area (Å²) in [6.45, 7) is 2.62. The van der Waals surface area contributed by atoms with Gasteiger partial charge in [-0.05, 0) is 19.8 Å². The first-order valence-corrected chi connectivity index (χ1v) is 6.81. The van der Waals surface area contributed by atoms with E-state index in [4.69, 9.17) is 5.73 Å². The van der Waals surface area contributed by atoms with Gasteiger partial charge in [-0.15, -0.1) is 11.3 Å². The van der Waals surface area contributed by atoms with Crippen molar-refractivity contribution in [3.8, 4) is 0 Å². The number of carbonyl (C=O) groups is 1. The highest BCUT2D eigenvalue weighted by atomic mass is 32.1. The van der Waals surface area contributed by atoms with E-state index < -0.39 is 0 Å². The van der Waals surface area contributed by atoms with Gasteiger partial charge in [0.2, 0.25) is 5.91 Å². The van der Waals surface area contributed by atoms with Gasteiger partial charge < -0.3 is 10.6 Å². The fourth-order valence-corrected chi connectivity index (χ4v) is 3.22. The van der Waals surface area contributed by atoms with Crippen molar-refractivity contribution in [3.63, 3.8) is 0 Å². The van der Waals surface area contributed by atoms with Crippen molar-refractivity contribution < 1.29 is 4.79 Å². The Balaban J connectivity index is 1.95. The molecule has 1 aromatic rings. The van der Waals surface area contributed by atoms with E-state index in [9.17, 15) is 4.79 Å². The van der Waals surface area contributed by atoms with Gasteiger partial charge in [0.25, 0.3) is 0 Å². The van der Waals surface area contributed by atoms with E-state index in [1.807, 2.05) is 20.2 Å². The third-order valence-electron chi connectivity index (χ3n) is 3.32. The molecular weight excluding hydrogens is 234 g/mol. The van der Waals surface area contributed by atoms with Crippen LogP contribution in [0.25, 0.3) is 0 Å². The van der Waals surface area contributed by atoms with Crippen LogP contribution >= 0.6 is 11.3 Å². The summed E-state index contributed by atoms with van der Waals surface area (Å²) in [5.41, 5.74) is 5.96. The van der Waals surface area contributed by atoms with Gasteiger partial charge in [0.15, 0.2) is 0 Å². The minimum Gasteiger partial charge on any atom is -0.340 e. The lowest BCUT2D eigenvalue weighted by Gasteiger charge is -2.22. The van der Waals surface area contributed by atoms with Gasteiger partial charge in [0, 0.05) is 24.2 Å². The Bertz CT molecular complexity index is 404. The van der Waals surface area contributed by atoms with Crippen molar-refractivity contribution in [2.24, 2.45) is 11.7 Å². The van der Waals surface area contributed by atoms with Crippen molar-refractivity contribution in [3.05, 3.63) is 16.1 Å². The zero-order valence-electron chi connectivity index (χ0n) is 10.3. The summed E-state index contributed by atoms with van der Waals surface area (Å²) in [6, 6.07) is 0.0492. The Labute approximate surface area is 106 Å². The number of nitrogens with two attached hydrogens (primary N) is 1. The lowest BCUT2D eigenvalue weighted by atomic mass is 10.0. The molecule has 0 bridgehead atoms. The Kier molecular flexibility index (Phi) is 3.79. The molecule has 0 radical (unpaired) electrons. The number of rotatable bonds is 3. The molecule has 2 N–H and O–H groups in total. The molecule has 1 fully saturated rings. The molecule has 0 aromatic carbocycles. The number of thiazole rings is 1. The number of hydrogen-bond donors (Lipinski definition) is 1. The monoisotopic (exact) mass is 253 g/mol. The first-order valence-electron chi connectivity index (χ1n) is 6.00. The van der Waals surface area contributed by atoms with Crippen LogP contribution in [0, 0.1) is 12.8 Å². The molecule has 2 rings (SSSR count). The van der Waals surface area contributed by atoms with Crippen molar-refractivity contribution in [1.29, 1.82) is 0 Å². The first-order chi connectivity index (χ1) is 8.08. The minimum absolute atomic E-state index is 0.0222. The number of amides is 1. The molecule has 5 heteroatoms. The molecule has 4 nitrogen and oxygen atoms in total. The van der Waals surface area contributed by atoms with Gasteiger partial charge in [-0.2, -0.15) is 0 Å². The van der Waals surface area contributed by atoms with Gasteiger partial charge in [0.05, 0.1) is 17.5 Å². The van der Waals surface area contributed by atoms with E-state index >= 15 is 0 Å². The molecule has 1 amide bonds. The number of aromatic nitrogens is 1. The Hall–Kier alpha value is -0.940. The third kappa shape index (κ3) is 2.84. The second kappa shape index (κ2) is 5.14. The Morgan fingerprint density at radius 2 is 2.41 bits per heavy atom. The predicted octanol–water partition coefficient (Wildman–Crippen LogP) is 1.54. The van der Waals surface area contributed by atoms with Crippen LogP contribution in [0.2, 0.25) is 0 Å².